The van der Waals surface area contributed by atoms with E-state index in [1.54, 1.807) is 24.8 Å². The summed E-state index contributed by atoms with van der Waals surface area (Å²) in [5, 5.41) is 1.29. The lowest BCUT2D eigenvalue weighted by molar-refractivity contribution is -0.119. The Kier molecular flexibility index (Phi) is 3.99. The summed E-state index contributed by atoms with van der Waals surface area (Å²) in [6.07, 6.45) is 8.47. The lowest BCUT2D eigenvalue weighted by atomic mass is 9.92. The van der Waals surface area contributed by atoms with Crippen LogP contribution >= 0.6 is 0 Å². The number of fused-ring (bicyclic) bond motifs is 1. The molecule has 2 aromatic heterocycles. The van der Waals surface area contributed by atoms with Gasteiger partial charge in [-0.05, 0) is 65.4 Å². The summed E-state index contributed by atoms with van der Waals surface area (Å²) in [6, 6.07) is 14.0. The molecule has 124 valence electrons. The maximum absolute atomic E-state index is 12.6. The maximum atomic E-state index is 12.6. The van der Waals surface area contributed by atoms with Gasteiger partial charge >= 0.3 is 0 Å². The molecule has 1 aliphatic rings. The molecule has 5 nitrogen and oxygen atoms in total. The molecule has 3 aromatic rings. The molecule has 0 radical (unpaired) electrons. The molecule has 0 spiro atoms. The van der Waals surface area contributed by atoms with E-state index in [1.165, 1.54) is 10.6 Å². The average Bonchev–Trinajstić information content (AvgIpc) is 2.88. The van der Waals surface area contributed by atoms with Crippen LogP contribution < -0.4 is 10.9 Å². The van der Waals surface area contributed by atoms with Crippen LogP contribution in [-0.4, -0.2) is 15.9 Å². The van der Waals surface area contributed by atoms with E-state index in [4.69, 9.17) is 5.84 Å². The van der Waals surface area contributed by atoms with Crippen molar-refractivity contribution in [1.82, 2.24) is 9.97 Å². The van der Waals surface area contributed by atoms with Gasteiger partial charge < -0.3 is 0 Å². The normalized spacial score (nSPS) is 16.1. The molecule has 1 amide bonds. The Labute approximate surface area is 146 Å². The van der Waals surface area contributed by atoms with Crippen LogP contribution in [0.5, 0.6) is 0 Å². The Morgan fingerprint density at radius 3 is 2.20 bits per heavy atom. The minimum absolute atomic E-state index is 0.0622. The van der Waals surface area contributed by atoms with E-state index in [-0.39, 0.29) is 11.8 Å². The second-order valence-electron chi connectivity index (χ2n) is 6.25. The fourth-order valence-corrected chi connectivity index (χ4v) is 3.31. The third-order valence-electron chi connectivity index (χ3n) is 4.61. The summed E-state index contributed by atoms with van der Waals surface area (Å²) in [6.45, 7) is 0. The van der Waals surface area contributed by atoms with Crippen LogP contribution in [-0.2, 0) is 17.6 Å². The van der Waals surface area contributed by atoms with Gasteiger partial charge in [-0.25, -0.2) is 10.9 Å². The van der Waals surface area contributed by atoms with Gasteiger partial charge in [-0.3, -0.25) is 14.8 Å². The van der Waals surface area contributed by atoms with E-state index in [9.17, 15) is 4.79 Å². The van der Waals surface area contributed by atoms with Gasteiger partial charge in [-0.1, -0.05) is 12.1 Å². The molecule has 25 heavy (non-hydrogen) atoms. The molecule has 1 atom stereocenters. The summed E-state index contributed by atoms with van der Waals surface area (Å²) in [5.74, 6) is 5.76. The summed E-state index contributed by atoms with van der Waals surface area (Å²) in [5.41, 5.74) is 5.17. The summed E-state index contributed by atoms with van der Waals surface area (Å²) in [4.78, 5) is 20.7. The third kappa shape index (κ3) is 3.02. The van der Waals surface area contributed by atoms with E-state index in [1.807, 2.05) is 36.4 Å². The predicted octanol–water partition coefficient (Wildman–Crippen LogP) is 2.61. The van der Waals surface area contributed by atoms with Crippen molar-refractivity contribution in [1.29, 1.82) is 0 Å². The van der Waals surface area contributed by atoms with Crippen LogP contribution in [0.2, 0.25) is 0 Å². The van der Waals surface area contributed by atoms with Gasteiger partial charge in [0.15, 0.2) is 0 Å². The first kappa shape index (κ1) is 15.5. The molecule has 0 aliphatic carbocycles. The molecule has 1 aliphatic heterocycles. The number of rotatable bonds is 4. The quantitative estimate of drug-likeness (QED) is 0.589. The Morgan fingerprint density at radius 1 is 0.880 bits per heavy atom. The molecule has 0 fully saturated rings. The molecule has 3 heterocycles. The van der Waals surface area contributed by atoms with Gasteiger partial charge in [-0.15, -0.1) is 0 Å². The second kappa shape index (κ2) is 6.45. The van der Waals surface area contributed by atoms with Gasteiger partial charge in [0.1, 0.15) is 0 Å². The number of amides is 1. The number of pyridine rings is 2. The molecule has 5 heteroatoms. The van der Waals surface area contributed by atoms with Gasteiger partial charge in [0.05, 0.1) is 11.6 Å². The average molecular weight is 330 g/mol. The van der Waals surface area contributed by atoms with Gasteiger partial charge in [0.25, 0.3) is 0 Å². The topological polar surface area (TPSA) is 72.1 Å². The van der Waals surface area contributed by atoms with Gasteiger partial charge in [0.2, 0.25) is 5.91 Å². The number of benzene rings is 1. The molecule has 4 rings (SSSR count). The highest BCUT2D eigenvalue weighted by atomic mass is 16.2. The van der Waals surface area contributed by atoms with Crippen LogP contribution in [0.15, 0.2) is 67.3 Å². The van der Waals surface area contributed by atoms with Gasteiger partial charge in [-0.2, -0.15) is 0 Å². The first-order chi connectivity index (χ1) is 12.2. The zero-order valence-electron chi connectivity index (χ0n) is 13.7. The van der Waals surface area contributed by atoms with Crippen LogP contribution in [0.1, 0.15) is 28.2 Å². The van der Waals surface area contributed by atoms with Crippen molar-refractivity contribution in [3.05, 3.63) is 89.5 Å². The molecular formula is C20H18N4O. The number of nitrogens with two attached hydrogens (primary N) is 1. The number of carbonyl (C=O) groups is 1. The maximum Gasteiger partial charge on any atom is 0.249 e. The van der Waals surface area contributed by atoms with E-state index < -0.39 is 0 Å². The number of aromatic nitrogens is 2. The lowest BCUT2D eigenvalue weighted by Crippen LogP contribution is -2.35. The van der Waals surface area contributed by atoms with E-state index in [0.717, 1.165) is 28.8 Å². The molecule has 0 bridgehead atoms. The van der Waals surface area contributed by atoms with Crippen LogP contribution in [0.25, 0.3) is 0 Å². The number of hydrogen-bond acceptors (Lipinski definition) is 4. The zero-order chi connectivity index (χ0) is 17.2. The SMILES string of the molecule is NN1C(=O)C(Cc2ccncc2)c2ccc(Cc3ccncc3)cc21. The predicted molar refractivity (Wildman–Crippen MR) is 95.8 cm³/mol. The van der Waals surface area contributed by atoms with Crippen molar-refractivity contribution >= 4 is 11.6 Å². The largest absolute Gasteiger partial charge is 0.272 e. The molecule has 0 saturated carbocycles. The molecule has 1 unspecified atom stereocenters. The van der Waals surface area contributed by atoms with Crippen LogP contribution in [0.3, 0.4) is 0 Å². The standard InChI is InChI=1S/C20H18N4O/c21-24-19-13-16(11-14-3-7-22-8-4-14)1-2-17(19)18(20(24)25)12-15-5-9-23-10-6-15/h1-10,13,18H,11-12,21H2. The summed E-state index contributed by atoms with van der Waals surface area (Å²) < 4.78 is 0. The molecular weight excluding hydrogens is 312 g/mol. The van der Waals surface area contributed by atoms with E-state index in [0.29, 0.717) is 6.42 Å². The fourth-order valence-electron chi connectivity index (χ4n) is 3.31. The Hall–Kier alpha value is -3.05. The van der Waals surface area contributed by atoms with Crippen molar-refractivity contribution in [2.45, 2.75) is 18.8 Å². The van der Waals surface area contributed by atoms with Gasteiger partial charge in [0, 0.05) is 24.8 Å². The van der Waals surface area contributed by atoms with Crippen molar-refractivity contribution in [2.24, 2.45) is 5.84 Å². The van der Waals surface area contributed by atoms with Crippen molar-refractivity contribution in [3.8, 4) is 0 Å². The Balaban J connectivity index is 1.62. The van der Waals surface area contributed by atoms with E-state index >= 15 is 0 Å². The minimum Gasteiger partial charge on any atom is -0.272 e. The monoisotopic (exact) mass is 330 g/mol. The highest BCUT2D eigenvalue weighted by Crippen LogP contribution is 2.38. The van der Waals surface area contributed by atoms with Crippen molar-refractivity contribution in [3.63, 3.8) is 0 Å². The zero-order valence-corrected chi connectivity index (χ0v) is 13.7. The number of carbonyl (C=O) groups excluding carboxylic acids is 1. The smallest absolute Gasteiger partial charge is 0.249 e. The highest BCUT2D eigenvalue weighted by Gasteiger charge is 2.35. The fraction of sp³-hybridized carbons (Fsp3) is 0.150. The minimum atomic E-state index is -0.239. The van der Waals surface area contributed by atoms with Crippen LogP contribution in [0.4, 0.5) is 5.69 Å². The number of nitrogens with zero attached hydrogens (tertiary/aromatic N) is 3. The first-order valence-electron chi connectivity index (χ1n) is 8.21. The number of hydrogen-bond donors (Lipinski definition) is 1. The first-order valence-corrected chi connectivity index (χ1v) is 8.21. The summed E-state index contributed by atoms with van der Waals surface area (Å²) in [7, 11) is 0. The third-order valence-corrected chi connectivity index (χ3v) is 4.61. The lowest BCUT2D eigenvalue weighted by Gasteiger charge is -2.11. The molecule has 0 saturated heterocycles. The molecule has 2 N–H and O–H groups in total. The summed E-state index contributed by atoms with van der Waals surface area (Å²) >= 11 is 0. The highest BCUT2D eigenvalue weighted by molar-refractivity contribution is 6.04. The Morgan fingerprint density at radius 2 is 1.52 bits per heavy atom. The molecule has 1 aromatic carbocycles. The number of anilines is 1. The van der Waals surface area contributed by atoms with Crippen LogP contribution in [0, 0.1) is 0 Å². The van der Waals surface area contributed by atoms with E-state index in [2.05, 4.69) is 16.0 Å². The van der Waals surface area contributed by atoms with Crippen molar-refractivity contribution in [2.75, 3.05) is 5.01 Å². The second-order valence-corrected chi connectivity index (χ2v) is 6.25. The van der Waals surface area contributed by atoms with Crippen molar-refractivity contribution < 1.29 is 4.79 Å². The number of hydrazine groups is 1. The Bertz CT molecular complexity index is 896.